The Balaban J connectivity index is 1.75. The van der Waals surface area contributed by atoms with Gasteiger partial charge in [0, 0.05) is 18.2 Å². The Hall–Kier alpha value is -0.980. The summed E-state index contributed by atoms with van der Waals surface area (Å²) in [6, 6.07) is 6.63. The molecule has 130 valence electrons. The maximum Gasteiger partial charge on any atom is 0.215 e. The van der Waals surface area contributed by atoms with Crippen LogP contribution in [0.4, 0.5) is 4.39 Å². The molecule has 1 atom stereocenters. The number of sulfonamides is 1. The van der Waals surface area contributed by atoms with Crippen molar-refractivity contribution < 1.29 is 12.8 Å². The van der Waals surface area contributed by atoms with Gasteiger partial charge in [-0.2, -0.15) is 0 Å². The minimum Gasteiger partial charge on any atom is -0.300 e. The molecule has 2 rings (SSSR count). The summed E-state index contributed by atoms with van der Waals surface area (Å²) in [5.74, 6) is -0.780. The molecule has 0 amide bonds. The van der Waals surface area contributed by atoms with Crippen molar-refractivity contribution in [3.05, 3.63) is 35.6 Å². The van der Waals surface area contributed by atoms with Gasteiger partial charge in [0.15, 0.2) is 0 Å². The Labute approximate surface area is 139 Å². The molecule has 0 aliphatic carbocycles. The summed E-state index contributed by atoms with van der Waals surface area (Å²) in [6.45, 7) is 4.64. The minimum atomic E-state index is -3.49. The Morgan fingerprint density at radius 3 is 2.83 bits per heavy atom. The summed E-state index contributed by atoms with van der Waals surface area (Å²) in [6.07, 6.45) is 5.71. The zero-order valence-corrected chi connectivity index (χ0v) is 14.6. The monoisotopic (exact) mass is 342 g/mol. The van der Waals surface area contributed by atoms with Crippen LogP contribution in [-0.2, 0) is 15.8 Å². The van der Waals surface area contributed by atoms with Gasteiger partial charge in [-0.15, -0.1) is 0 Å². The molecular weight excluding hydrogens is 315 g/mol. The van der Waals surface area contributed by atoms with Gasteiger partial charge in [-0.05, 0) is 44.8 Å². The van der Waals surface area contributed by atoms with Crippen molar-refractivity contribution in [2.45, 2.75) is 50.8 Å². The number of benzene rings is 1. The molecule has 0 radical (unpaired) electrons. The van der Waals surface area contributed by atoms with E-state index in [0.29, 0.717) is 12.6 Å². The first-order valence-corrected chi connectivity index (χ1v) is 10.1. The summed E-state index contributed by atoms with van der Waals surface area (Å²) in [5.41, 5.74) is 0.210. The molecule has 1 saturated heterocycles. The number of piperidine rings is 1. The van der Waals surface area contributed by atoms with Gasteiger partial charge in [0.05, 0.1) is 5.75 Å². The zero-order valence-electron chi connectivity index (χ0n) is 13.8. The van der Waals surface area contributed by atoms with Crippen LogP contribution >= 0.6 is 0 Å². The molecule has 1 aliphatic rings. The first-order chi connectivity index (χ1) is 11.0. The maximum absolute atomic E-state index is 13.5. The fourth-order valence-corrected chi connectivity index (χ4v) is 4.40. The van der Waals surface area contributed by atoms with E-state index in [1.54, 1.807) is 12.1 Å². The molecule has 1 aliphatic heterocycles. The molecule has 1 N–H and O–H groups in total. The Kier molecular flexibility index (Phi) is 6.99. The fraction of sp³-hybridized carbons (Fsp3) is 0.647. The highest BCUT2D eigenvalue weighted by Gasteiger charge is 2.20. The van der Waals surface area contributed by atoms with E-state index >= 15 is 0 Å². The standard InChI is InChI=1S/C17H27FN2O2S/c1-2-16-9-5-6-12-20(16)13-7-11-19-23(21,22)14-15-8-3-4-10-17(15)18/h3-4,8,10,16,19H,2,5-7,9,11-14H2,1H3/t16-/m0/s1. The van der Waals surface area contributed by atoms with Gasteiger partial charge in [-0.3, -0.25) is 0 Å². The van der Waals surface area contributed by atoms with E-state index in [9.17, 15) is 12.8 Å². The van der Waals surface area contributed by atoms with E-state index < -0.39 is 15.8 Å². The lowest BCUT2D eigenvalue weighted by molar-refractivity contribution is 0.143. The number of hydrogen-bond donors (Lipinski definition) is 1. The second kappa shape index (κ2) is 8.76. The van der Waals surface area contributed by atoms with Crippen LogP contribution in [0.5, 0.6) is 0 Å². The molecule has 23 heavy (non-hydrogen) atoms. The zero-order chi connectivity index (χ0) is 16.7. The number of likely N-dealkylation sites (tertiary alicyclic amines) is 1. The van der Waals surface area contributed by atoms with E-state index in [1.165, 1.54) is 31.4 Å². The van der Waals surface area contributed by atoms with Crippen molar-refractivity contribution in [1.29, 1.82) is 0 Å². The number of hydrogen-bond acceptors (Lipinski definition) is 3. The van der Waals surface area contributed by atoms with Gasteiger partial charge >= 0.3 is 0 Å². The molecule has 1 aromatic rings. The Morgan fingerprint density at radius 2 is 2.09 bits per heavy atom. The quantitative estimate of drug-likeness (QED) is 0.739. The van der Waals surface area contributed by atoms with Crippen molar-refractivity contribution in [2.75, 3.05) is 19.6 Å². The second-order valence-corrected chi connectivity index (χ2v) is 8.00. The summed E-state index contributed by atoms with van der Waals surface area (Å²) in [5, 5.41) is 0. The van der Waals surface area contributed by atoms with Crippen molar-refractivity contribution >= 4 is 10.0 Å². The predicted octanol–water partition coefficient (Wildman–Crippen LogP) is 2.90. The van der Waals surface area contributed by atoms with Crippen LogP contribution in [0.1, 0.15) is 44.6 Å². The number of halogens is 1. The Morgan fingerprint density at radius 1 is 1.30 bits per heavy atom. The summed E-state index contributed by atoms with van der Waals surface area (Å²) < 4.78 is 40.2. The van der Waals surface area contributed by atoms with E-state index in [2.05, 4.69) is 16.5 Å². The molecule has 0 spiro atoms. The van der Waals surface area contributed by atoms with Gasteiger partial charge in [0.2, 0.25) is 10.0 Å². The average Bonchev–Trinajstić information content (AvgIpc) is 2.54. The number of nitrogens with one attached hydrogen (secondary N) is 1. The third-order valence-corrected chi connectivity index (χ3v) is 5.80. The molecule has 1 aromatic carbocycles. The molecule has 1 heterocycles. The van der Waals surface area contributed by atoms with Crippen molar-refractivity contribution in [3.63, 3.8) is 0 Å². The van der Waals surface area contributed by atoms with Gasteiger partial charge in [-0.1, -0.05) is 31.5 Å². The van der Waals surface area contributed by atoms with E-state index in [4.69, 9.17) is 0 Å². The summed E-state index contributed by atoms with van der Waals surface area (Å²) in [7, 11) is -3.49. The molecule has 0 bridgehead atoms. The summed E-state index contributed by atoms with van der Waals surface area (Å²) >= 11 is 0. The molecular formula is C17H27FN2O2S. The molecule has 6 heteroatoms. The van der Waals surface area contributed by atoms with Gasteiger partial charge in [0.25, 0.3) is 0 Å². The van der Waals surface area contributed by atoms with E-state index in [0.717, 1.165) is 25.9 Å². The average molecular weight is 342 g/mol. The fourth-order valence-electron chi connectivity index (χ4n) is 3.20. The number of rotatable bonds is 8. The maximum atomic E-state index is 13.5. The van der Waals surface area contributed by atoms with Crippen molar-refractivity contribution in [1.82, 2.24) is 9.62 Å². The minimum absolute atomic E-state index is 0.210. The van der Waals surface area contributed by atoms with Crippen LogP contribution in [-0.4, -0.2) is 39.0 Å². The first-order valence-electron chi connectivity index (χ1n) is 8.46. The molecule has 0 unspecified atom stereocenters. The smallest absolute Gasteiger partial charge is 0.215 e. The topological polar surface area (TPSA) is 49.4 Å². The molecule has 0 aromatic heterocycles. The van der Waals surface area contributed by atoms with Crippen LogP contribution < -0.4 is 4.72 Å². The van der Waals surface area contributed by atoms with Crippen LogP contribution in [0.15, 0.2) is 24.3 Å². The number of nitrogens with zero attached hydrogens (tertiary/aromatic N) is 1. The van der Waals surface area contributed by atoms with Crippen LogP contribution in [0.3, 0.4) is 0 Å². The lowest BCUT2D eigenvalue weighted by Crippen LogP contribution is -2.40. The lowest BCUT2D eigenvalue weighted by Gasteiger charge is -2.35. The van der Waals surface area contributed by atoms with Crippen molar-refractivity contribution in [3.8, 4) is 0 Å². The SMILES string of the molecule is CC[C@H]1CCCCN1CCCNS(=O)(=O)Cc1ccccc1F. The third-order valence-electron chi connectivity index (χ3n) is 4.47. The molecule has 1 fully saturated rings. The highest BCUT2D eigenvalue weighted by Crippen LogP contribution is 2.19. The lowest BCUT2D eigenvalue weighted by atomic mass is 10.00. The molecule has 4 nitrogen and oxygen atoms in total. The third kappa shape index (κ3) is 5.86. The highest BCUT2D eigenvalue weighted by molar-refractivity contribution is 7.88. The van der Waals surface area contributed by atoms with Gasteiger partial charge < -0.3 is 4.90 Å². The normalized spacial score (nSPS) is 19.8. The predicted molar refractivity (Wildman–Crippen MR) is 91.1 cm³/mol. The second-order valence-electron chi connectivity index (χ2n) is 6.19. The van der Waals surface area contributed by atoms with E-state index in [-0.39, 0.29) is 11.3 Å². The summed E-state index contributed by atoms with van der Waals surface area (Å²) in [4.78, 5) is 2.47. The van der Waals surface area contributed by atoms with Crippen LogP contribution in [0.25, 0.3) is 0 Å². The highest BCUT2D eigenvalue weighted by atomic mass is 32.2. The van der Waals surface area contributed by atoms with Gasteiger partial charge in [-0.25, -0.2) is 17.5 Å². The van der Waals surface area contributed by atoms with Gasteiger partial charge in [0.1, 0.15) is 5.82 Å². The first kappa shape index (κ1) is 18.4. The van der Waals surface area contributed by atoms with Crippen molar-refractivity contribution in [2.24, 2.45) is 0 Å². The Bertz CT molecular complexity index is 592. The van der Waals surface area contributed by atoms with Crippen LogP contribution in [0.2, 0.25) is 0 Å². The molecule has 0 saturated carbocycles. The van der Waals surface area contributed by atoms with E-state index in [1.807, 2.05) is 0 Å². The van der Waals surface area contributed by atoms with Crippen LogP contribution in [0, 0.1) is 5.82 Å². The largest absolute Gasteiger partial charge is 0.300 e.